The van der Waals surface area contributed by atoms with Crippen LogP contribution in [-0.2, 0) is 14.3 Å². The molecule has 0 unspecified atom stereocenters. The number of benzene rings is 2. The van der Waals surface area contributed by atoms with Crippen molar-refractivity contribution in [2.24, 2.45) is 4.99 Å². The normalized spacial score (nSPS) is 18.3. The Kier molecular flexibility index (Phi) is 5.98. The van der Waals surface area contributed by atoms with E-state index >= 15 is 0 Å². The molecule has 2 aromatic carbocycles. The molecular formula is C26H23N3O4S2. The van der Waals surface area contributed by atoms with Gasteiger partial charge in [-0.1, -0.05) is 41.7 Å². The lowest BCUT2D eigenvalue weighted by molar-refractivity contribution is -0.139. The van der Waals surface area contributed by atoms with Crippen LogP contribution in [0.2, 0.25) is 0 Å². The highest BCUT2D eigenvalue weighted by molar-refractivity contribution is 7.98. The van der Waals surface area contributed by atoms with Crippen LogP contribution in [0.1, 0.15) is 31.0 Å². The summed E-state index contributed by atoms with van der Waals surface area (Å²) in [7, 11) is 1.70. The summed E-state index contributed by atoms with van der Waals surface area (Å²) in [5, 5.41) is 0. The molecule has 7 nitrogen and oxygen atoms in total. The average molecular weight is 506 g/mol. The smallest absolute Gasteiger partial charge is 0.338 e. The van der Waals surface area contributed by atoms with E-state index in [1.807, 2.05) is 54.8 Å². The fourth-order valence-corrected chi connectivity index (χ4v) is 6.08. The number of esters is 1. The third-order valence-corrected chi connectivity index (χ3v) is 8.00. The standard InChI is InChI=1S/C26H23N3O4S2/c1-5-33-25(32)19-14(2)27-26-29(21(19)15-10-12-16(34-4)13-11-15)24(31)22(35-26)20-17-8-6-7-9-18(17)28(3)23(20)30/h6-13,21H,5H2,1-4H3/b22-20-/t21-/m1/s1. The summed E-state index contributed by atoms with van der Waals surface area (Å²) < 4.78 is 7.19. The second-order valence-corrected chi connectivity index (χ2v) is 10.0. The second kappa shape index (κ2) is 8.98. The zero-order valence-corrected chi connectivity index (χ0v) is 21.3. The number of carbonyl (C=O) groups excluding carboxylic acids is 2. The zero-order valence-electron chi connectivity index (χ0n) is 19.7. The molecule has 3 aromatic rings. The van der Waals surface area contributed by atoms with Gasteiger partial charge in [-0.05, 0) is 43.9 Å². The van der Waals surface area contributed by atoms with Gasteiger partial charge in [0.05, 0.1) is 35.2 Å². The Morgan fingerprint density at radius 1 is 1.14 bits per heavy atom. The van der Waals surface area contributed by atoms with Crippen LogP contribution in [-0.4, -0.2) is 36.4 Å². The molecule has 1 aromatic heterocycles. The molecule has 0 saturated heterocycles. The Hall–Kier alpha value is -3.43. The van der Waals surface area contributed by atoms with Crippen molar-refractivity contribution in [1.29, 1.82) is 0 Å². The van der Waals surface area contributed by atoms with Gasteiger partial charge in [-0.25, -0.2) is 9.79 Å². The van der Waals surface area contributed by atoms with Crippen LogP contribution in [0.4, 0.5) is 5.69 Å². The summed E-state index contributed by atoms with van der Waals surface area (Å²) in [6, 6.07) is 14.5. The van der Waals surface area contributed by atoms with Gasteiger partial charge in [-0.3, -0.25) is 14.2 Å². The number of likely N-dealkylation sites (N-methyl/N-ethyl adjacent to an activating group) is 1. The molecule has 2 aliphatic rings. The van der Waals surface area contributed by atoms with E-state index in [4.69, 9.17) is 4.74 Å². The predicted molar refractivity (Wildman–Crippen MR) is 137 cm³/mol. The molecule has 1 amide bonds. The van der Waals surface area contributed by atoms with Gasteiger partial charge >= 0.3 is 5.97 Å². The molecule has 0 radical (unpaired) electrons. The van der Waals surface area contributed by atoms with Gasteiger partial charge in [0.1, 0.15) is 4.53 Å². The molecule has 0 N–H and O–H groups in total. The van der Waals surface area contributed by atoms with E-state index in [0.29, 0.717) is 31.7 Å². The van der Waals surface area contributed by atoms with Gasteiger partial charge in [-0.2, -0.15) is 0 Å². The van der Waals surface area contributed by atoms with E-state index in [2.05, 4.69) is 4.99 Å². The molecule has 0 bridgehead atoms. The van der Waals surface area contributed by atoms with Gasteiger partial charge in [0, 0.05) is 17.5 Å². The number of para-hydroxylation sites is 1. The zero-order chi connectivity index (χ0) is 24.9. The van der Waals surface area contributed by atoms with Crippen molar-refractivity contribution in [1.82, 2.24) is 4.57 Å². The van der Waals surface area contributed by atoms with Gasteiger partial charge in [0.25, 0.3) is 11.5 Å². The minimum atomic E-state index is -0.708. The van der Waals surface area contributed by atoms with Crippen molar-refractivity contribution in [3.63, 3.8) is 0 Å². The van der Waals surface area contributed by atoms with Gasteiger partial charge in [0.2, 0.25) is 0 Å². The summed E-state index contributed by atoms with van der Waals surface area (Å²) in [6.45, 7) is 3.70. The van der Waals surface area contributed by atoms with E-state index in [9.17, 15) is 14.4 Å². The Labute approximate surface area is 210 Å². The van der Waals surface area contributed by atoms with E-state index in [1.54, 1.807) is 37.6 Å². The van der Waals surface area contributed by atoms with Crippen molar-refractivity contribution >= 4 is 46.2 Å². The number of thiazole rings is 1. The van der Waals surface area contributed by atoms with Crippen molar-refractivity contribution in [3.8, 4) is 0 Å². The van der Waals surface area contributed by atoms with Crippen molar-refractivity contribution in [2.45, 2.75) is 24.8 Å². The Balaban J connectivity index is 1.81. The number of amides is 1. The Morgan fingerprint density at radius 2 is 1.86 bits per heavy atom. The fourth-order valence-electron chi connectivity index (χ4n) is 4.53. The average Bonchev–Trinajstić information content (AvgIpc) is 3.31. The Morgan fingerprint density at radius 3 is 2.54 bits per heavy atom. The van der Waals surface area contributed by atoms with Crippen LogP contribution in [0, 0.1) is 0 Å². The van der Waals surface area contributed by atoms with E-state index in [0.717, 1.165) is 16.1 Å². The predicted octanol–water partition coefficient (Wildman–Crippen LogP) is 2.87. The highest BCUT2D eigenvalue weighted by atomic mass is 32.2. The minimum absolute atomic E-state index is 0.208. The topological polar surface area (TPSA) is 81.0 Å². The molecule has 1 atom stereocenters. The number of allylic oxidation sites excluding steroid dienone is 1. The van der Waals surface area contributed by atoms with Crippen LogP contribution in [0.3, 0.4) is 0 Å². The largest absolute Gasteiger partial charge is 0.463 e. The van der Waals surface area contributed by atoms with Gasteiger partial charge in [0.15, 0.2) is 4.80 Å². The van der Waals surface area contributed by atoms with Gasteiger partial charge in [-0.15, -0.1) is 11.8 Å². The number of carbonyl (C=O) groups is 2. The summed E-state index contributed by atoms with van der Waals surface area (Å²) in [5.41, 5.74) is 3.07. The molecular weight excluding hydrogens is 482 g/mol. The number of fused-ring (bicyclic) bond motifs is 2. The van der Waals surface area contributed by atoms with E-state index < -0.39 is 12.0 Å². The quantitative estimate of drug-likeness (QED) is 0.402. The van der Waals surface area contributed by atoms with Gasteiger partial charge < -0.3 is 9.64 Å². The molecule has 0 fully saturated rings. The maximum Gasteiger partial charge on any atom is 0.338 e. The van der Waals surface area contributed by atoms with Crippen molar-refractivity contribution in [3.05, 3.63) is 90.6 Å². The lowest BCUT2D eigenvalue weighted by Crippen LogP contribution is -2.40. The number of thioether (sulfide) groups is 1. The number of anilines is 1. The number of hydrogen-bond donors (Lipinski definition) is 0. The van der Waals surface area contributed by atoms with Crippen LogP contribution in [0.5, 0.6) is 0 Å². The Bertz CT molecular complexity index is 1580. The summed E-state index contributed by atoms with van der Waals surface area (Å²) in [6.07, 6.45) is 1.99. The van der Waals surface area contributed by atoms with E-state index in [-0.39, 0.29) is 18.1 Å². The maximum atomic E-state index is 13.9. The molecule has 2 aliphatic heterocycles. The summed E-state index contributed by atoms with van der Waals surface area (Å²) in [5.74, 6) is -0.744. The number of nitrogens with zero attached hydrogens (tertiary/aromatic N) is 3. The molecule has 5 rings (SSSR count). The minimum Gasteiger partial charge on any atom is -0.463 e. The fraction of sp³-hybridized carbons (Fsp3) is 0.231. The molecule has 9 heteroatoms. The lowest BCUT2D eigenvalue weighted by atomic mass is 9.96. The number of aromatic nitrogens is 1. The number of ether oxygens (including phenoxy) is 1. The molecule has 35 heavy (non-hydrogen) atoms. The second-order valence-electron chi connectivity index (χ2n) is 8.15. The van der Waals surface area contributed by atoms with Crippen LogP contribution >= 0.6 is 23.1 Å². The highest BCUT2D eigenvalue weighted by Gasteiger charge is 2.36. The highest BCUT2D eigenvalue weighted by Crippen LogP contribution is 2.35. The molecule has 3 heterocycles. The summed E-state index contributed by atoms with van der Waals surface area (Å²) in [4.78, 5) is 47.9. The van der Waals surface area contributed by atoms with Crippen molar-refractivity contribution < 1.29 is 14.3 Å². The third kappa shape index (κ3) is 3.66. The van der Waals surface area contributed by atoms with Crippen molar-refractivity contribution in [2.75, 3.05) is 24.8 Å². The first-order chi connectivity index (χ1) is 16.9. The summed E-state index contributed by atoms with van der Waals surface area (Å²) >= 11 is 2.78. The molecule has 0 aliphatic carbocycles. The van der Waals surface area contributed by atoms with E-state index in [1.165, 1.54) is 15.9 Å². The van der Waals surface area contributed by atoms with Crippen LogP contribution in [0.15, 0.2) is 74.5 Å². The van der Waals surface area contributed by atoms with Crippen LogP contribution in [0.25, 0.3) is 5.57 Å². The molecule has 0 saturated carbocycles. The monoisotopic (exact) mass is 505 g/mol. The molecule has 178 valence electrons. The first-order valence-corrected chi connectivity index (χ1v) is 13.1. The SMILES string of the molecule is CCOC(=O)C1=C(C)N=c2s/c(=C3\C(=O)N(C)c4ccccc43)c(=O)n2[C@@H]1c1ccc(SC)cc1. The first kappa shape index (κ1) is 23.3. The lowest BCUT2D eigenvalue weighted by Gasteiger charge is -2.24. The first-order valence-electron chi connectivity index (χ1n) is 11.1. The molecule has 0 spiro atoms. The van der Waals surface area contributed by atoms with Crippen LogP contribution < -0.4 is 19.8 Å². The number of rotatable bonds is 4. The number of hydrogen-bond acceptors (Lipinski definition) is 7. The maximum absolute atomic E-state index is 13.9. The third-order valence-electron chi connectivity index (χ3n) is 6.20.